The fourth-order valence-corrected chi connectivity index (χ4v) is 2.27. The first-order valence-corrected chi connectivity index (χ1v) is 6.13. The summed E-state index contributed by atoms with van der Waals surface area (Å²) in [5, 5.41) is 4.12. The van der Waals surface area contributed by atoms with Crippen LogP contribution in [0.2, 0.25) is 0 Å². The Labute approximate surface area is 88.7 Å². The molecule has 2 nitrogen and oxygen atoms in total. The van der Waals surface area contributed by atoms with Crippen LogP contribution >= 0.6 is 23.4 Å². The van der Waals surface area contributed by atoms with Gasteiger partial charge in [-0.2, -0.15) is 16.9 Å². The molecule has 0 aliphatic carbocycles. The first-order chi connectivity index (χ1) is 6.33. The Bertz CT molecular complexity index is 237. The highest BCUT2D eigenvalue weighted by molar-refractivity contribution is 7.99. The van der Waals surface area contributed by atoms with Crippen molar-refractivity contribution in [2.24, 2.45) is 7.05 Å². The minimum atomic E-state index is 0.778. The van der Waals surface area contributed by atoms with Crippen LogP contribution < -0.4 is 0 Å². The maximum Gasteiger partial charge on any atom is 0.0521 e. The molecular weight excluding hydrogens is 204 g/mol. The maximum atomic E-state index is 5.57. The fourth-order valence-electron chi connectivity index (χ4n) is 1.05. The van der Waals surface area contributed by atoms with Crippen molar-refractivity contribution in [3.05, 3.63) is 18.0 Å². The quantitative estimate of drug-likeness (QED) is 0.539. The molecule has 1 aromatic rings. The molecule has 13 heavy (non-hydrogen) atoms. The van der Waals surface area contributed by atoms with Gasteiger partial charge in [0.05, 0.1) is 6.20 Å². The van der Waals surface area contributed by atoms with Crippen LogP contribution in [0.4, 0.5) is 0 Å². The Hall–Kier alpha value is -0.150. The molecule has 0 fully saturated rings. The molecule has 0 aliphatic heterocycles. The number of nitrogens with zero attached hydrogens (tertiary/aromatic N) is 2. The van der Waals surface area contributed by atoms with E-state index in [9.17, 15) is 0 Å². The SMILES string of the molecule is Cn1cc(CCSCCCCl)cn1. The number of rotatable bonds is 6. The van der Waals surface area contributed by atoms with Gasteiger partial charge in [0.2, 0.25) is 0 Å². The average molecular weight is 219 g/mol. The molecule has 0 N–H and O–H groups in total. The minimum absolute atomic E-state index is 0.778. The van der Waals surface area contributed by atoms with Gasteiger partial charge >= 0.3 is 0 Å². The number of aromatic nitrogens is 2. The second-order valence-electron chi connectivity index (χ2n) is 2.93. The van der Waals surface area contributed by atoms with Crippen molar-refractivity contribution in [3.63, 3.8) is 0 Å². The molecule has 0 radical (unpaired) electrons. The lowest BCUT2D eigenvalue weighted by Crippen LogP contribution is -1.89. The zero-order chi connectivity index (χ0) is 9.52. The highest BCUT2D eigenvalue weighted by Crippen LogP contribution is 2.07. The Morgan fingerprint density at radius 1 is 1.54 bits per heavy atom. The predicted octanol–water partition coefficient (Wildman–Crippen LogP) is 2.32. The van der Waals surface area contributed by atoms with Crippen molar-refractivity contribution < 1.29 is 0 Å². The molecule has 4 heteroatoms. The van der Waals surface area contributed by atoms with E-state index in [1.54, 1.807) is 0 Å². The molecule has 0 aromatic carbocycles. The molecule has 1 heterocycles. The number of alkyl halides is 1. The molecule has 0 bridgehead atoms. The van der Waals surface area contributed by atoms with Crippen LogP contribution in [0, 0.1) is 0 Å². The molecule has 1 aromatic heterocycles. The number of thioether (sulfide) groups is 1. The van der Waals surface area contributed by atoms with E-state index >= 15 is 0 Å². The molecule has 1 rings (SSSR count). The average Bonchev–Trinajstić information content (AvgIpc) is 2.51. The molecule has 0 saturated heterocycles. The summed E-state index contributed by atoms with van der Waals surface area (Å²) in [7, 11) is 1.95. The second kappa shape index (κ2) is 6.33. The number of hydrogen-bond acceptors (Lipinski definition) is 2. The third-order valence-corrected chi connectivity index (χ3v) is 3.05. The van der Waals surface area contributed by atoms with E-state index in [0.29, 0.717) is 0 Å². The van der Waals surface area contributed by atoms with Crippen LogP contribution in [0.15, 0.2) is 12.4 Å². The van der Waals surface area contributed by atoms with Gasteiger partial charge in [-0.05, 0) is 29.9 Å². The highest BCUT2D eigenvalue weighted by atomic mass is 35.5. The summed E-state index contributed by atoms with van der Waals surface area (Å²) < 4.78 is 1.85. The van der Waals surface area contributed by atoms with Gasteiger partial charge in [-0.3, -0.25) is 4.68 Å². The summed E-state index contributed by atoms with van der Waals surface area (Å²) in [6.45, 7) is 0. The first-order valence-electron chi connectivity index (χ1n) is 4.44. The molecule has 74 valence electrons. The van der Waals surface area contributed by atoms with Crippen LogP contribution in [-0.2, 0) is 13.5 Å². The molecule has 0 aliphatic rings. The third-order valence-electron chi connectivity index (χ3n) is 1.72. The van der Waals surface area contributed by atoms with Gasteiger partial charge in [-0.1, -0.05) is 0 Å². The molecule has 0 amide bonds. The van der Waals surface area contributed by atoms with Gasteiger partial charge in [-0.25, -0.2) is 0 Å². The minimum Gasteiger partial charge on any atom is -0.276 e. The van der Waals surface area contributed by atoms with E-state index in [0.717, 1.165) is 18.7 Å². The second-order valence-corrected chi connectivity index (χ2v) is 4.53. The van der Waals surface area contributed by atoms with E-state index in [2.05, 4.69) is 11.3 Å². The van der Waals surface area contributed by atoms with Crippen molar-refractivity contribution >= 4 is 23.4 Å². The summed E-state index contributed by atoms with van der Waals surface area (Å²) in [5.41, 5.74) is 1.32. The summed E-state index contributed by atoms with van der Waals surface area (Å²) in [6, 6.07) is 0. The van der Waals surface area contributed by atoms with Gasteiger partial charge in [0.15, 0.2) is 0 Å². The standard InChI is InChI=1S/C9H15ClN2S/c1-12-8-9(7-11-12)3-6-13-5-2-4-10/h7-8H,2-6H2,1H3. The van der Waals surface area contributed by atoms with E-state index in [1.165, 1.54) is 17.1 Å². The van der Waals surface area contributed by atoms with E-state index < -0.39 is 0 Å². The highest BCUT2D eigenvalue weighted by Gasteiger charge is 1.95. The van der Waals surface area contributed by atoms with Gasteiger partial charge in [0, 0.05) is 19.1 Å². The van der Waals surface area contributed by atoms with Crippen molar-refractivity contribution in [2.45, 2.75) is 12.8 Å². The Balaban J connectivity index is 2.06. The Morgan fingerprint density at radius 2 is 2.38 bits per heavy atom. The van der Waals surface area contributed by atoms with Gasteiger partial charge in [0.1, 0.15) is 0 Å². The Kier molecular flexibility index (Phi) is 5.32. The summed E-state index contributed by atoms with van der Waals surface area (Å²) in [5.74, 6) is 3.12. The molecule has 0 spiro atoms. The lowest BCUT2D eigenvalue weighted by atomic mass is 10.3. The van der Waals surface area contributed by atoms with E-state index in [1.807, 2.05) is 29.7 Å². The number of aryl methyl sites for hydroxylation is 2. The lowest BCUT2D eigenvalue weighted by molar-refractivity contribution is 0.767. The summed E-state index contributed by atoms with van der Waals surface area (Å²) >= 11 is 7.53. The van der Waals surface area contributed by atoms with Crippen molar-refractivity contribution in [2.75, 3.05) is 17.4 Å². The van der Waals surface area contributed by atoms with Crippen molar-refractivity contribution in [1.29, 1.82) is 0 Å². The molecule has 0 atom stereocenters. The normalized spacial score (nSPS) is 10.6. The van der Waals surface area contributed by atoms with Gasteiger partial charge in [0.25, 0.3) is 0 Å². The zero-order valence-corrected chi connectivity index (χ0v) is 9.44. The van der Waals surface area contributed by atoms with Crippen LogP contribution in [0.3, 0.4) is 0 Å². The van der Waals surface area contributed by atoms with Crippen LogP contribution in [0.1, 0.15) is 12.0 Å². The number of hydrogen-bond donors (Lipinski definition) is 0. The van der Waals surface area contributed by atoms with Crippen molar-refractivity contribution in [3.8, 4) is 0 Å². The Morgan fingerprint density at radius 3 is 3.00 bits per heavy atom. The third kappa shape index (κ3) is 4.58. The first kappa shape index (κ1) is 10.9. The zero-order valence-electron chi connectivity index (χ0n) is 7.87. The largest absolute Gasteiger partial charge is 0.276 e. The van der Waals surface area contributed by atoms with Crippen LogP contribution in [0.5, 0.6) is 0 Å². The fraction of sp³-hybridized carbons (Fsp3) is 0.667. The van der Waals surface area contributed by atoms with Crippen LogP contribution in [-0.4, -0.2) is 27.2 Å². The molecular formula is C9H15ClN2S. The summed E-state index contributed by atoms with van der Waals surface area (Å²) in [4.78, 5) is 0. The molecule has 0 unspecified atom stereocenters. The summed E-state index contributed by atoms with van der Waals surface area (Å²) in [6.07, 6.45) is 6.23. The topological polar surface area (TPSA) is 17.8 Å². The molecule has 0 saturated carbocycles. The van der Waals surface area contributed by atoms with Crippen molar-refractivity contribution in [1.82, 2.24) is 9.78 Å². The monoisotopic (exact) mass is 218 g/mol. The maximum absolute atomic E-state index is 5.57. The lowest BCUT2D eigenvalue weighted by Gasteiger charge is -1.97. The van der Waals surface area contributed by atoms with Gasteiger partial charge < -0.3 is 0 Å². The van der Waals surface area contributed by atoms with Gasteiger partial charge in [-0.15, -0.1) is 11.6 Å². The van der Waals surface area contributed by atoms with E-state index in [4.69, 9.17) is 11.6 Å². The number of halogens is 1. The van der Waals surface area contributed by atoms with Crippen LogP contribution in [0.25, 0.3) is 0 Å². The smallest absolute Gasteiger partial charge is 0.0521 e. The van der Waals surface area contributed by atoms with E-state index in [-0.39, 0.29) is 0 Å². The predicted molar refractivity (Wildman–Crippen MR) is 59.6 cm³/mol.